The molecule has 0 radical (unpaired) electrons. The van der Waals surface area contributed by atoms with Crippen molar-refractivity contribution < 1.29 is 38.0 Å². The van der Waals surface area contributed by atoms with E-state index in [1.165, 1.54) is 0 Å². The summed E-state index contributed by atoms with van der Waals surface area (Å²) in [7, 11) is 0. The summed E-state index contributed by atoms with van der Waals surface area (Å²) >= 11 is 0. The van der Waals surface area contributed by atoms with E-state index >= 15 is 0 Å². The van der Waals surface area contributed by atoms with Gasteiger partial charge in [0.25, 0.3) is 0 Å². The van der Waals surface area contributed by atoms with E-state index in [1.807, 2.05) is 97.9 Å². The molecule has 1 N–H and O–H groups in total. The van der Waals surface area contributed by atoms with Gasteiger partial charge >= 0.3 is 12.1 Å². The lowest BCUT2D eigenvalue weighted by Gasteiger charge is -2.46. The molecule has 0 aromatic heterocycles. The number of alkyl carbamates (subject to hydrolysis) is 1. The summed E-state index contributed by atoms with van der Waals surface area (Å²) in [5.74, 6) is -0.587. The van der Waals surface area contributed by atoms with Gasteiger partial charge in [-0.15, -0.1) is 0 Å². The highest BCUT2D eigenvalue weighted by Gasteiger charge is 2.48. The smallest absolute Gasteiger partial charge is 0.408 e. The Kier molecular flexibility index (Phi) is 13.2. The molecule has 1 aliphatic heterocycles. The third-order valence-electron chi connectivity index (χ3n) is 7.45. The summed E-state index contributed by atoms with van der Waals surface area (Å²) in [5, 5.41) is 2.70. The van der Waals surface area contributed by atoms with Crippen molar-refractivity contribution >= 4 is 12.1 Å². The maximum absolute atomic E-state index is 13.2. The quantitative estimate of drug-likeness (QED) is 0.204. The highest BCUT2D eigenvalue weighted by molar-refractivity contribution is 5.81. The fraction of sp³-hybridized carbons (Fsp3) is 0.459. The molecule has 1 saturated heterocycles. The summed E-state index contributed by atoms with van der Waals surface area (Å²) < 4.78 is 37.2. The molecule has 4 rings (SSSR count). The number of benzene rings is 3. The van der Waals surface area contributed by atoms with Crippen molar-refractivity contribution in [2.75, 3.05) is 6.61 Å². The Balaban J connectivity index is 1.64. The van der Waals surface area contributed by atoms with Gasteiger partial charge in [0.05, 0.1) is 38.6 Å². The number of nitrogens with one attached hydrogen (secondary N) is 1. The number of hydrogen-bond acceptors (Lipinski definition) is 8. The number of carbonyl (C=O) groups excluding carboxylic acids is 2. The van der Waals surface area contributed by atoms with Crippen LogP contribution >= 0.6 is 0 Å². The summed E-state index contributed by atoms with van der Waals surface area (Å²) in [5.41, 5.74) is 2.24. The molecule has 3 aromatic carbocycles. The van der Waals surface area contributed by atoms with E-state index < -0.39 is 54.2 Å². The molecule has 3 aromatic rings. The maximum atomic E-state index is 13.2. The third kappa shape index (κ3) is 10.9. The van der Waals surface area contributed by atoms with Gasteiger partial charge in [-0.1, -0.05) is 91.0 Å². The van der Waals surface area contributed by atoms with Gasteiger partial charge in [0.15, 0.2) is 0 Å². The molecular weight excluding hydrogens is 586 g/mol. The molecule has 1 aliphatic rings. The Bertz CT molecular complexity index is 1330. The van der Waals surface area contributed by atoms with Gasteiger partial charge in [-0.3, -0.25) is 0 Å². The monoisotopic (exact) mass is 633 g/mol. The number of esters is 1. The van der Waals surface area contributed by atoms with Crippen LogP contribution in [0, 0.1) is 0 Å². The summed E-state index contributed by atoms with van der Waals surface area (Å²) in [6, 6.07) is 28.6. The SMILES string of the molecule is CCOC(=O)[C@H](C[C@@H]1O[C@@H](C)[C@@H](OCc2ccccc2)[C@@H](OCc2ccccc2)[C@@H]1OCc1ccccc1)NC(=O)OC(C)(C)C. The number of carbonyl (C=O) groups is 2. The Hall–Kier alpha value is -3.76. The van der Waals surface area contributed by atoms with E-state index in [1.54, 1.807) is 27.7 Å². The first kappa shape index (κ1) is 35.1. The zero-order valence-electron chi connectivity index (χ0n) is 27.4. The minimum atomic E-state index is -1.05. The first-order valence-electron chi connectivity index (χ1n) is 15.9. The molecular formula is C37H47NO8. The van der Waals surface area contributed by atoms with Crippen molar-refractivity contribution in [1.29, 1.82) is 0 Å². The van der Waals surface area contributed by atoms with E-state index in [-0.39, 0.29) is 19.6 Å². The normalized spacial score (nSPS) is 22.1. The van der Waals surface area contributed by atoms with Crippen LogP contribution < -0.4 is 5.32 Å². The van der Waals surface area contributed by atoms with Crippen LogP contribution in [0.1, 0.15) is 57.7 Å². The fourth-order valence-electron chi connectivity index (χ4n) is 5.35. The van der Waals surface area contributed by atoms with Crippen molar-refractivity contribution in [2.45, 2.75) is 103 Å². The molecule has 9 heteroatoms. The van der Waals surface area contributed by atoms with Crippen LogP contribution in [0.25, 0.3) is 0 Å². The van der Waals surface area contributed by atoms with Gasteiger partial charge < -0.3 is 33.7 Å². The number of hydrogen-bond donors (Lipinski definition) is 1. The van der Waals surface area contributed by atoms with Gasteiger partial charge in [-0.2, -0.15) is 0 Å². The van der Waals surface area contributed by atoms with E-state index in [9.17, 15) is 9.59 Å². The molecule has 6 atom stereocenters. The summed E-state index contributed by atoms with van der Waals surface area (Å²) in [6.45, 7) is 10.0. The van der Waals surface area contributed by atoms with E-state index in [2.05, 4.69) is 5.32 Å². The first-order valence-corrected chi connectivity index (χ1v) is 15.9. The average Bonchev–Trinajstić information content (AvgIpc) is 3.03. The number of rotatable bonds is 14. The molecule has 248 valence electrons. The summed E-state index contributed by atoms with van der Waals surface area (Å²) in [4.78, 5) is 26.0. The predicted molar refractivity (Wildman–Crippen MR) is 174 cm³/mol. The highest BCUT2D eigenvalue weighted by Crippen LogP contribution is 2.32. The molecule has 0 saturated carbocycles. The molecule has 1 fully saturated rings. The molecule has 0 spiro atoms. The largest absolute Gasteiger partial charge is 0.464 e. The van der Waals surface area contributed by atoms with E-state index in [4.69, 9.17) is 28.4 Å². The minimum Gasteiger partial charge on any atom is -0.464 e. The highest BCUT2D eigenvalue weighted by atomic mass is 16.6. The zero-order chi connectivity index (χ0) is 32.9. The second kappa shape index (κ2) is 17.2. The second-order valence-electron chi connectivity index (χ2n) is 12.3. The van der Waals surface area contributed by atoms with Crippen molar-refractivity contribution in [3.8, 4) is 0 Å². The zero-order valence-corrected chi connectivity index (χ0v) is 27.4. The second-order valence-corrected chi connectivity index (χ2v) is 12.3. The van der Waals surface area contributed by atoms with Crippen LogP contribution in [-0.2, 0) is 53.0 Å². The predicted octanol–water partition coefficient (Wildman–Crippen LogP) is 6.38. The lowest BCUT2D eigenvalue weighted by Crippen LogP contribution is -2.61. The number of ether oxygens (including phenoxy) is 6. The van der Waals surface area contributed by atoms with Crippen molar-refractivity contribution in [3.05, 3.63) is 108 Å². The molecule has 1 amide bonds. The minimum absolute atomic E-state index is 0.0679. The number of amides is 1. The van der Waals surface area contributed by atoms with Crippen molar-refractivity contribution in [1.82, 2.24) is 5.32 Å². The first-order chi connectivity index (χ1) is 22.1. The lowest BCUT2D eigenvalue weighted by molar-refractivity contribution is -0.263. The molecule has 46 heavy (non-hydrogen) atoms. The van der Waals surface area contributed by atoms with Crippen LogP contribution in [-0.4, -0.2) is 60.8 Å². The van der Waals surface area contributed by atoms with Crippen LogP contribution in [0.5, 0.6) is 0 Å². The third-order valence-corrected chi connectivity index (χ3v) is 7.45. The fourth-order valence-corrected chi connectivity index (χ4v) is 5.35. The van der Waals surface area contributed by atoms with Gasteiger partial charge in [0.1, 0.15) is 30.0 Å². The van der Waals surface area contributed by atoms with Gasteiger partial charge in [0, 0.05) is 6.42 Å². The molecule has 0 bridgehead atoms. The Morgan fingerprint density at radius 1 is 0.739 bits per heavy atom. The Morgan fingerprint density at radius 3 is 1.65 bits per heavy atom. The molecule has 1 heterocycles. The van der Waals surface area contributed by atoms with Gasteiger partial charge in [-0.25, -0.2) is 9.59 Å². The molecule has 9 nitrogen and oxygen atoms in total. The Labute approximate surface area is 272 Å². The lowest BCUT2D eigenvalue weighted by atomic mass is 9.91. The van der Waals surface area contributed by atoms with Crippen LogP contribution in [0.15, 0.2) is 91.0 Å². The molecule has 0 unspecified atom stereocenters. The average molecular weight is 634 g/mol. The topological polar surface area (TPSA) is 102 Å². The van der Waals surface area contributed by atoms with Crippen LogP contribution in [0.4, 0.5) is 4.79 Å². The maximum Gasteiger partial charge on any atom is 0.408 e. The standard InChI is InChI=1S/C37H47NO8/c1-6-41-35(39)30(38-36(40)46-37(3,4)5)22-31-33(43-24-28-18-12-8-13-19-28)34(44-25-29-20-14-9-15-21-29)32(26(2)45-31)42-23-27-16-10-7-11-17-27/h7-21,26,30-34H,6,22-25H2,1-5H3,(H,38,40)/t26-,30-,31-,32+,33+,34+/m0/s1. The van der Waals surface area contributed by atoms with Gasteiger partial charge in [-0.05, 0) is 51.3 Å². The van der Waals surface area contributed by atoms with Crippen molar-refractivity contribution in [3.63, 3.8) is 0 Å². The van der Waals surface area contributed by atoms with Crippen LogP contribution in [0.3, 0.4) is 0 Å². The van der Waals surface area contributed by atoms with Gasteiger partial charge in [0.2, 0.25) is 0 Å². The Morgan fingerprint density at radius 2 is 1.20 bits per heavy atom. The van der Waals surface area contributed by atoms with Crippen molar-refractivity contribution in [2.24, 2.45) is 0 Å². The summed E-state index contributed by atoms with van der Waals surface area (Å²) in [6.07, 6.45) is -3.50. The van der Waals surface area contributed by atoms with Crippen LogP contribution in [0.2, 0.25) is 0 Å². The van der Waals surface area contributed by atoms with E-state index in [0.29, 0.717) is 13.2 Å². The van der Waals surface area contributed by atoms with E-state index in [0.717, 1.165) is 16.7 Å². The molecule has 0 aliphatic carbocycles.